The third-order valence-electron chi connectivity index (χ3n) is 3.19. The van der Waals surface area contributed by atoms with Gasteiger partial charge in [-0.2, -0.15) is 0 Å². The van der Waals surface area contributed by atoms with Gasteiger partial charge in [-0.15, -0.1) is 0 Å². The van der Waals surface area contributed by atoms with E-state index in [1.807, 2.05) is 27.7 Å². The number of likely N-dealkylation sites (N-methyl/N-ethyl adjacent to an activating group) is 1. The van der Waals surface area contributed by atoms with E-state index < -0.39 is 0 Å². The second-order valence-corrected chi connectivity index (χ2v) is 4.71. The average Bonchev–Trinajstić information content (AvgIpc) is 2.55. The summed E-state index contributed by atoms with van der Waals surface area (Å²) in [7, 11) is 0. The molecule has 130 valence electrons. The van der Waals surface area contributed by atoms with E-state index >= 15 is 0 Å². The van der Waals surface area contributed by atoms with E-state index in [0.717, 1.165) is 0 Å². The first kappa shape index (κ1) is 19.1. The predicted molar refractivity (Wildman–Crippen MR) is 88.6 cm³/mol. The first-order valence-corrected chi connectivity index (χ1v) is 8.09. The lowest BCUT2D eigenvalue weighted by Crippen LogP contribution is -2.33. The first-order chi connectivity index (χ1) is 11.1. The Balaban J connectivity index is 3.29. The van der Waals surface area contributed by atoms with Gasteiger partial charge in [0.2, 0.25) is 5.75 Å². The van der Waals surface area contributed by atoms with Gasteiger partial charge in [0.25, 0.3) is 5.91 Å². The van der Waals surface area contributed by atoms with Crippen molar-refractivity contribution in [1.82, 2.24) is 4.90 Å². The van der Waals surface area contributed by atoms with Gasteiger partial charge < -0.3 is 24.2 Å². The molecule has 0 bridgehead atoms. The van der Waals surface area contributed by atoms with E-state index in [9.17, 15) is 4.79 Å². The molecule has 0 aromatic heterocycles. The second-order valence-electron chi connectivity index (χ2n) is 4.71. The van der Waals surface area contributed by atoms with E-state index in [2.05, 4.69) is 0 Å². The van der Waals surface area contributed by atoms with Gasteiger partial charge in [0.05, 0.1) is 26.4 Å². The molecule has 0 radical (unpaired) electrons. The summed E-state index contributed by atoms with van der Waals surface area (Å²) in [6, 6.07) is 3.33. The van der Waals surface area contributed by atoms with Crippen LogP contribution >= 0.6 is 0 Å². The molecule has 0 saturated heterocycles. The number of benzene rings is 1. The van der Waals surface area contributed by atoms with Crippen LogP contribution in [0.25, 0.3) is 0 Å². The molecule has 1 rings (SSSR count). The van der Waals surface area contributed by atoms with Crippen LogP contribution in [-0.4, -0.2) is 55.4 Å². The first-order valence-electron chi connectivity index (χ1n) is 8.09. The molecule has 6 heteroatoms. The average molecular weight is 325 g/mol. The Kier molecular flexibility index (Phi) is 8.26. The number of carbonyl (C=O) groups is 1. The lowest BCUT2D eigenvalue weighted by atomic mass is 10.1. The monoisotopic (exact) mass is 325 g/mol. The molecule has 1 amide bonds. The van der Waals surface area contributed by atoms with Crippen molar-refractivity contribution >= 4 is 5.91 Å². The number of nitrogens with zero attached hydrogens (tertiary/aromatic N) is 1. The van der Waals surface area contributed by atoms with Crippen LogP contribution < -0.4 is 14.2 Å². The summed E-state index contributed by atoms with van der Waals surface area (Å²) in [6.45, 7) is 9.60. The predicted octanol–water partition coefficient (Wildman–Crippen LogP) is 2.34. The van der Waals surface area contributed by atoms with Crippen LogP contribution in [-0.2, 0) is 0 Å². The molecule has 23 heavy (non-hydrogen) atoms. The van der Waals surface area contributed by atoms with E-state index in [1.54, 1.807) is 17.0 Å². The molecule has 1 aromatic rings. The summed E-state index contributed by atoms with van der Waals surface area (Å²) in [5, 5.41) is 9.09. The highest BCUT2D eigenvalue weighted by Crippen LogP contribution is 2.39. The fourth-order valence-corrected chi connectivity index (χ4v) is 2.22. The number of rotatable bonds is 10. The Morgan fingerprint density at radius 1 is 1.00 bits per heavy atom. The smallest absolute Gasteiger partial charge is 0.254 e. The molecular formula is C17H27NO5. The molecule has 0 aliphatic carbocycles. The maximum absolute atomic E-state index is 12.6. The van der Waals surface area contributed by atoms with Crippen LogP contribution in [0.15, 0.2) is 12.1 Å². The van der Waals surface area contributed by atoms with Crippen molar-refractivity contribution in [2.75, 3.05) is 39.5 Å². The maximum atomic E-state index is 12.6. The maximum Gasteiger partial charge on any atom is 0.254 e. The van der Waals surface area contributed by atoms with Crippen molar-refractivity contribution in [2.24, 2.45) is 0 Å². The topological polar surface area (TPSA) is 68.2 Å². The Labute approximate surface area is 138 Å². The fraction of sp³-hybridized carbons (Fsp3) is 0.588. The summed E-state index contributed by atoms with van der Waals surface area (Å²) >= 11 is 0. The minimum absolute atomic E-state index is 0.0761. The molecule has 0 aliphatic rings. The van der Waals surface area contributed by atoms with Crippen LogP contribution in [0.5, 0.6) is 17.2 Å². The van der Waals surface area contributed by atoms with Gasteiger partial charge in [0.15, 0.2) is 11.5 Å². The molecule has 0 atom stereocenters. The third-order valence-corrected chi connectivity index (χ3v) is 3.19. The number of aliphatic hydroxyl groups is 1. The molecular weight excluding hydrogens is 298 g/mol. The van der Waals surface area contributed by atoms with Crippen LogP contribution in [0, 0.1) is 0 Å². The molecule has 0 spiro atoms. The fourth-order valence-electron chi connectivity index (χ4n) is 2.22. The summed E-state index contributed by atoms with van der Waals surface area (Å²) in [5.41, 5.74) is 0.454. The van der Waals surface area contributed by atoms with Crippen LogP contribution in [0.2, 0.25) is 0 Å². The standard InChI is InChI=1S/C17H27NO5/c1-5-18(9-10-19)17(20)13-11-14(21-6-2)16(23-8-4)15(12-13)22-7-3/h11-12,19H,5-10H2,1-4H3. The minimum atomic E-state index is -0.175. The number of hydrogen-bond acceptors (Lipinski definition) is 5. The number of amides is 1. The molecule has 1 aromatic carbocycles. The second kappa shape index (κ2) is 9.94. The summed E-state index contributed by atoms with van der Waals surface area (Å²) in [6.07, 6.45) is 0. The molecule has 6 nitrogen and oxygen atoms in total. The van der Waals surface area contributed by atoms with E-state index in [-0.39, 0.29) is 19.1 Å². The normalized spacial score (nSPS) is 10.3. The van der Waals surface area contributed by atoms with Gasteiger partial charge in [-0.05, 0) is 39.8 Å². The van der Waals surface area contributed by atoms with Gasteiger partial charge in [0, 0.05) is 18.7 Å². The Bertz CT molecular complexity index is 477. The number of carbonyl (C=O) groups excluding carboxylic acids is 1. The van der Waals surface area contributed by atoms with Crippen molar-refractivity contribution in [1.29, 1.82) is 0 Å². The quantitative estimate of drug-likeness (QED) is 0.715. The lowest BCUT2D eigenvalue weighted by molar-refractivity contribution is 0.0731. The van der Waals surface area contributed by atoms with Gasteiger partial charge in [0.1, 0.15) is 0 Å². The zero-order valence-corrected chi connectivity index (χ0v) is 14.4. The van der Waals surface area contributed by atoms with E-state index in [4.69, 9.17) is 19.3 Å². The van der Waals surface area contributed by atoms with Crippen LogP contribution in [0.1, 0.15) is 38.1 Å². The molecule has 0 aliphatic heterocycles. The largest absolute Gasteiger partial charge is 0.490 e. The van der Waals surface area contributed by atoms with Crippen LogP contribution in [0.4, 0.5) is 0 Å². The zero-order chi connectivity index (χ0) is 17.2. The Morgan fingerprint density at radius 3 is 1.91 bits per heavy atom. The zero-order valence-electron chi connectivity index (χ0n) is 14.4. The molecule has 0 saturated carbocycles. The van der Waals surface area contributed by atoms with E-state index in [1.165, 1.54) is 0 Å². The summed E-state index contributed by atoms with van der Waals surface area (Å²) in [5.74, 6) is 1.32. The highest BCUT2D eigenvalue weighted by atomic mass is 16.5. The van der Waals surface area contributed by atoms with Crippen molar-refractivity contribution in [2.45, 2.75) is 27.7 Å². The number of aliphatic hydroxyl groups excluding tert-OH is 1. The van der Waals surface area contributed by atoms with Gasteiger partial charge in [-0.3, -0.25) is 4.79 Å². The highest BCUT2D eigenvalue weighted by molar-refractivity contribution is 5.95. The van der Waals surface area contributed by atoms with E-state index in [0.29, 0.717) is 49.2 Å². The van der Waals surface area contributed by atoms with Gasteiger partial charge in [-0.1, -0.05) is 0 Å². The lowest BCUT2D eigenvalue weighted by Gasteiger charge is -2.22. The van der Waals surface area contributed by atoms with Gasteiger partial charge >= 0.3 is 0 Å². The minimum Gasteiger partial charge on any atom is -0.490 e. The number of ether oxygens (including phenoxy) is 3. The van der Waals surface area contributed by atoms with Crippen molar-refractivity contribution < 1.29 is 24.1 Å². The third kappa shape index (κ3) is 5.03. The van der Waals surface area contributed by atoms with Gasteiger partial charge in [-0.25, -0.2) is 0 Å². The molecule has 0 fully saturated rings. The van der Waals surface area contributed by atoms with Crippen molar-refractivity contribution in [3.63, 3.8) is 0 Å². The Morgan fingerprint density at radius 2 is 1.52 bits per heavy atom. The summed E-state index contributed by atoms with van der Waals surface area (Å²) < 4.78 is 16.9. The number of hydrogen-bond donors (Lipinski definition) is 1. The molecule has 0 heterocycles. The van der Waals surface area contributed by atoms with Crippen molar-refractivity contribution in [3.05, 3.63) is 17.7 Å². The SMILES string of the molecule is CCOc1cc(C(=O)N(CC)CCO)cc(OCC)c1OCC. The molecule has 1 N–H and O–H groups in total. The highest BCUT2D eigenvalue weighted by Gasteiger charge is 2.21. The Hall–Kier alpha value is -1.95. The van der Waals surface area contributed by atoms with Crippen molar-refractivity contribution in [3.8, 4) is 17.2 Å². The molecule has 0 unspecified atom stereocenters. The summed E-state index contributed by atoms with van der Waals surface area (Å²) in [4.78, 5) is 14.2. The van der Waals surface area contributed by atoms with Crippen LogP contribution in [0.3, 0.4) is 0 Å².